The minimum Gasteiger partial charge on any atom is -0.478 e. The first-order valence-corrected chi connectivity index (χ1v) is 8.57. The molecular formula is C18H19Cl2NO5. The maximum Gasteiger partial charge on any atom is 0.336 e. The molecule has 2 N–H and O–H groups in total. The van der Waals surface area contributed by atoms with Gasteiger partial charge in [0.15, 0.2) is 0 Å². The van der Waals surface area contributed by atoms with Crippen molar-refractivity contribution in [3.8, 4) is 0 Å². The second-order valence-corrected chi connectivity index (χ2v) is 6.50. The van der Waals surface area contributed by atoms with Gasteiger partial charge in [0.2, 0.25) is 0 Å². The molecule has 1 heterocycles. The maximum absolute atomic E-state index is 12.7. The molecule has 1 unspecified atom stereocenters. The van der Waals surface area contributed by atoms with Gasteiger partial charge in [-0.15, -0.1) is 0 Å². The van der Waals surface area contributed by atoms with E-state index in [-0.39, 0.29) is 34.4 Å². The number of esters is 1. The number of aliphatic carboxylic acids is 1. The normalized spacial score (nSPS) is 17.2. The maximum atomic E-state index is 12.7. The van der Waals surface area contributed by atoms with Gasteiger partial charge < -0.3 is 19.9 Å². The highest BCUT2D eigenvalue weighted by Crippen LogP contribution is 2.43. The highest BCUT2D eigenvalue weighted by atomic mass is 35.5. The van der Waals surface area contributed by atoms with Crippen LogP contribution in [0, 0.1) is 0 Å². The molecule has 0 saturated heterocycles. The average Bonchev–Trinajstić information content (AvgIpc) is 2.56. The quantitative estimate of drug-likeness (QED) is 0.562. The molecule has 140 valence electrons. The van der Waals surface area contributed by atoms with Crippen molar-refractivity contribution in [2.24, 2.45) is 0 Å². The summed E-state index contributed by atoms with van der Waals surface area (Å²) in [5.41, 5.74) is 1.53. The van der Waals surface area contributed by atoms with Gasteiger partial charge >= 0.3 is 11.9 Å². The summed E-state index contributed by atoms with van der Waals surface area (Å²) in [6.45, 7) is 3.59. The first-order chi connectivity index (χ1) is 12.3. The lowest BCUT2D eigenvalue weighted by atomic mass is 9.80. The Hall–Kier alpha value is -2.02. The van der Waals surface area contributed by atoms with Crippen LogP contribution < -0.4 is 5.32 Å². The lowest BCUT2D eigenvalue weighted by Crippen LogP contribution is -2.32. The van der Waals surface area contributed by atoms with Crippen molar-refractivity contribution in [1.29, 1.82) is 0 Å². The number of halogens is 2. The third-order valence-electron chi connectivity index (χ3n) is 4.02. The molecule has 0 spiro atoms. The molecule has 0 bridgehead atoms. The first kappa shape index (κ1) is 20.3. The number of hydrogen-bond donors (Lipinski definition) is 2. The second kappa shape index (κ2) is 8.58. The van der Waals surface area contributed by atoms with Gasteiger partial charge in [0, 0.05) is 18.5 Å². The summed E-state index contributed by atoms with van der Waals surface area (Å²) in [6.07, 6.45) is 0. The van der Waals surface area contributed by atoms with Crippen LogP contribution in [-0.4, -0.2) is 37.4 Å². The molecule has 0 radical (unpaired) electrons. The number of benzene rings is 1. The highest BCUT2D eigenvalue weighted by molar-refractivity contribution is 6.42. The highest BCUT2D eigenvalue weighted by Gasteiger charge is 2.38. The van der Waals surface area contributed by atoms with Crippen molar-refractivity contribution in [2.45, 2.75) is 19.8 Å². The van der Waals surface area contributed by atoms with E-state index in [1.807, 2.05) is 0 Å². The number of carboxylic acid groups (broad SMARTS) is 1. The van der Waals surface area contributed by atoms with E-state index in [1.165, 1.54) is 7.11 Å². The topological polar surface area (TPSA) is 84.9 Å². The van der Waals surface area contributed by atoms with Crippen LogP contribution in [0.2, 0.25) is 10.0 Å². The molecule has 1 aromatic carbocycles. The fourth-order valence-electron chi connectivity index (χ4n) is 2.90. The minimum absolute atomic E-state index is 0.0125. The number of dihydropyridines is 1. The second-order valence-electron chi connectivity index (χ2n) is 5.71. The van der Waals surface area contributed by atoms with E-state index in [9.17, 15) is 14.7 Å². The van der Waals surface area contributed by atoms with Crippen molar-refractivity contribution < 1.29 is 24.2 Å². The minimum atomic E-state index is -1.16. The van der Waals surface area contributed by atoms with E-state index in [2.05, 4.69) is 5.32 Å². The molecule has 0 fully saturated rings. The van der Waals surface area contributed by atoms with Gasteiger partial charge in [-0.25, -0.2) is 9.59 Å². The average molecular weight is 400 g/mol. The molecule has 26 heavy (non-hydrogen) atoms. The lowest BCUT2D eigenvalue weighted by Gasteiger charge is -2.30. The number of allylic oxidation sites excluding steroid dienone is 2. The van der Waals surface area contributed by atoms with Crippen LogP contribution in [0.3, 0.4) is 0 Å². The Balaban J connectivity index is 2.60. The van der Waals surface area contributed by atoms with Gasteiger partial charge in [-0.1, -0.05) is 35.3 Å². The van der Waals surface area contributed by atoms with Crippen LogP contribution in [-0.2, 0) is 19.1 Å². The summed E-state index contributed by atoms with van der Waals surface area (Å²) in [7, 11) is 1.49. The number of rotatable bonds is 6. The number of methoxy groups -OCH3 is 1. The predicted octanol–water partition coefficient (Wildman–Crippen LogP) is 3.50. The van der Waals surface area contributed by atoms with Gasteiger partial charge in [-0.2, -0.15) is 0 Å². The van der Waals surface area contributed by atoms with Gasteiger partial charge in [-0.05, 0) is 25.5 Å². The van der Waals surface area contributed by atoms with Gasteiger partial charge in [0.1, 0.15) is 6.61 Å². The van der Waals surface area contributed by atoms with Crippen LogP contribution in [0.25, 0.3) is 0 Å². The molecule has 8 heteroatoms. The van der Waals surface area contributed by atoms with E-state index in [4.69, 9.17) is 32.7 Å². The molecular weight excluding hydrogens is 381 g/mol. The molecule has 1 aliphatic rings. The fourth-order valence-corrected chi connectivity index (χ4v) is 3.31. The third-order valence-corrected chi connectivity index (χ3v) is 4.86. The van der Waals surface area contributed by atoms with E-state index >= 15 is 0 Å². The Morgan fingerprint density at radius 3 is 2.42 bits per heavy atom. The Morgan fingerprint density at radius 1 is 1.15 bits per heavy atom. The van der Waals surface area contributed by atoms with Gasteiger partial charge in [0.05, 0.1) is 33.7 Å². The SMILES string of the molecule is COCCOC(=O)C1=C(C)NC(C)=C(C(=O)O)C1c1cccc(Cl)c1Cl. The largest absolute Gasteiger partial charge is 0.478 e. The van der Waals surface area contributed by atoms with Gasteiger partial charge in [0.25, 0.3) is 0 Å². The number of hydrogen-bond acceptors (Lipinski definition) is 5. The first-order valence-electron chi connectivity index (χ1n) is 7.81. The molecule has 0 aliphatic carbocycles. The molecule has 1 aromatic rings. The third kappa shape index (κ3) is 4.03. The van der Waals surface area contributed by atoms with Gasteiger partial charge in [-0.3, -0.25) is 0 Å². The lowest BCUT2D eigenvalue weighted by molar-refractivity contribution is -0.140. The molecule has 1 atom stereocenters. The predicted molar refractivity (Wildman–Crippen MR) is 98.2 cm³/mol. The molecule has 6 nitrogen and oxygen atoms in total. The molecule has 0 aromatic heterocycles. The zero-order valence-corrected chi connectivity index (χ0v) is 16.1. The van der Waals surface area contributed by atoms with E-state index in [0.717, 1.165) is 0 Å². The fraction of sp³-hybridized carbons (Fsp3) is 0.333. The summed E-state index contributed by atoms with van der Waals surface area (Å²) in [6, 6.07) is 4.90. The monoisotopic (exact) mass is 399 g/mol. The van der Waals surface area contributed by atoms with Crippen LogP contribution >= 0.6 is 23.2 Å². The smallest absolute Gasteiger partial charge is 0.336 e. The number of carbonyl (C=O) groups is 2. The zero-order chi connectivity index (χ0) is 19.4. The number of carbonyl (C=O) groups excluding carboxylic acids is 1. The van der Waals surface area contributed by atoms with Crippen molar-refractivity contribution in [1.82, 2.24) is 5.32 Å². The summed E-state index contributed by atoms with van der Waals surface area (Å²) in [5.74, 6) is -2.71. The molecule has 1 aliphatic heterocycles. The van der Waals surface area contributed by atoms with Crippen LogP contribution in [0.4, 0.5) is 0 Å². The van der Waals surface area contributed by atoms with Crippen LogP contribution in [0.1, 0.15) is 25.3 Å². The Labute approximate surface area is 161 Å². The molecule has 0 saturated carbocycles. The summed E-state index contributed by atoms with van der Waals surface area (Å²) >= 11 is 12.4. The summed E-state index contributed by atoms with van der Waals surface area (Å²) in [5, 5.41) is 13.1. The van der Waals surface area contributed by atoms with E-state index in [0.29, 0.717) is 17.0 Å². The van der Waals surface area contributed by atoms with E-state index < -0.39 is 17.9 Å². The zero-order valence-electron chi connectivity index (χ0n) is 14.6. The number of ether oxygens (including phenoxy) is 2. The number of nitrogens with one attached hydrogen (secondary N) is 1. The molecule has 2 rings (SSSR count). The number of carboxylic acids is 1. The van der Waals surface area contributed by atoms with Crippen LogP contribution in [0.15, 0.2) is 40.7 Å². The van der Waals surface area contributed by atoms with Crippen LogP contribution in [0.5, 0.6) is 0 Å². The Morgan fingerprint density at radius 2 is 1.81 bits per heavy atom. The Bertz CT molecular complexity index is 801. The van der Waals surface area contributed by atoms with Crippen molar-refractivity contribution in [3.05, 3.63) is 56.3 Å². The summed E-state index contributed by atoms with van der Waals surface area (Å²) in [4.78, 5) is 24.6. The summed E-state index contributed by atoms with van der Waals surface area (Å²) < 4.78 is 10.1. The Kier molecular flexibility index (Phi) is 6.69. The van der Waals surface area contributed by atoms with Crippen molar-refractivity contribution in [2.75, 3.05) is 20.3 Å². The van der Waals surface area contributed by atoms with Crippen molar-refractivity contribution >= 4 is 35.1 Å². The van der Waals surface area contributed by atoms with E-state index in [1.54, 1.807) is 32.0 Å². The standard InChI is InChI=1S/C18H19Cl2NO5/c1-9-13(17(22)23)15(11-5-4-6-12(19)16(11)20)14(10(2)21-9)18(24)26-8-7-25-3/h4-6,15,21H,7-8H2,1-3H3,(H,22,23). The molecule has 0 amide bonds. The van der Waals surface area contributed by atoms with Crippen molar-refractivity contribution in [3.63, 3.8) is 0 Å².